The Labute approximate surface area is 205 Å². The molecule has 0 bridgehead atoms. The quantitative estimate of drug-likeness (QED) is 0.368. The van der Waals surface area contributed by atoms with E-state index in [0.29, 0.717) is 48.7 Å². The van der Waals surface area contributed by atoms with Crippen molar-refractivity contribution in [1.82, 2.24) is 5.32 Å². The summed E-state index contributed by atoms with van der Waals surface area (Å²) in [6, 6.07) is 18.2. The molecule has 1 fully saturated rings. The van der Waals surface area contributed by atoms with Crippen molar-refractivity contribution in [2.24, 2.45) is 4.99 Å². The molecular formula is C24H17Cl3N2O2S. The van der Waals surface area contributed by atoms with Crippen LogP contribution in [0.4, 0.5) is 5.69 Å². The Hall–Kier alpha value is -2.44. The standard InChI is InChI=1S/C24H17Cl3N2O2S/c1-14-5-7-19(12-20(14)27)28-24-29-23(30)22(32-24)11-16-10-18(26)6-8-21(16)31-13-15-3-2-4-17(25)9-15/h2-12H,13H2,1H3,(H,28,29,30)/b22-11-. The first kappa shape index (κ1) is 22.7. The van der Waals surface area contributed by atoms with Crippen LogP contribution in [0, 0.1) is 6.92 Å². The van der Waals surface area contributed by atoms with Crippen molar-refractivity contribution in [1.29, 1.82) is 0 Å². The summed E-state index contributed by atoms with van der Waals surface area (Å²) in [5.41, 5.74) is 3.26. The fraction of sp³-hybridized carbons (Fsp3) is 0.0833. The number of nitrogens with one attached hydrogen (secondary N) is 1. The molecule has 0 aromatic heterocycles. The zero-order valence-electron chi connectivity index (χ0n) is 16.9. The third-order valence-corrected chi connectivity index (χ3v) is 6.37. The number of rotatable bonds is 5. The van der Waals surface area contributed by atoms with Gasteiger partial charge in [-0.15, -0.1) is 0 Å². The second-order valence-electron chi connectivity index (χ2n) is 7.02. The topological polar surface area (TPSA) is 50.7 Å². The van der Waals surface area contributed by atoms with E-state index in [1.165, 1.54) is 11.8 Å². The SMILES string of the molecule is Cc1ccc(N=C2NC(=O)/C(=C/c3cc(Cl)ccc3OCc3cccc(Cl)c3)S2)cc1Cl. The molecule has 1 aliphatic heterocycles. The molecular weight excluding hydrogens is 487 g/mol. The van der Waals surface area contributed by atoms with Gasteiger partial charge in [-0.2, -0.15) is 0 Å². The third kappa shape index (κ3) is 5.67. The molecule has 1 amide bonds. The van der Waals surface area contributed by atoms with Crippen LogP contribution in [0.25, 0.3) is 6.08 Å². The highest BCUT2D eigenvalue weighted by atomic mass is 35.5. The van der Waals surface area contributed by atoms with E-state index >= 15 is 0 Å². The van der Waals surface area contributed by atoms with Crippen molar-refractivity contribution in [3.8, 4) is 5.75 Å². The van der Waals surface area contributed by atoms with Crippen LogP contribution in [0.5, 0.6) is 5.75 Å². The molecule has 32 heavy (non-hydrogen) atoms. The highest BCUT2D eigenvalue weighted by Crippen LogP contribution is 2.33. The molecule has 3 aromatic carbocycles. The number of aliphatic imine (C=N–C) groups is 1. The van der Waals surface area contributed by atoms with Gasteiger partial charge in [0.2, 0.25) is 0 Å². The first-order chi connectivity index (χ1) is 15.4. The molecule has 1 N–H and O–H groups in total. The first-order valence-corrected chi connectivity index (χ1v) is 11.5. The Balaban J connectivity index is 1.56. The lowest BCUT2D eigenvalue weighted by atomic mass is 10.1. The van der Waals surface area contributed by atoms with Gasteiger partial charge in [0.05, 0.1) is 10.6 Å². The maximum atomic E-state index is 12.5. The average molecular weight is 504 g/mol. The number of hydrogen-bond acceptors (Lipinski definition) is 4. The van der Waals surface area contributed by atoms with E-state index in [2.05, 4.69) is 10.3 Å². The van der Waals surface area contributed by atoms with Gasteiger partial charge < -0.3 is 10.1 Å². The minimum absolute atomic E-state index is 0.243. The number of carbonyl (C=O) groups excluding carboxylic acids is 1. The van der Waals surface area contributed by atoms with E-state index < -0.39 is 0 Å². The lowest BCUT2D eigenvalue weighted by Crippen LogP contribution is -2.19. The van der Waals surface area contributed by atoms with E-state index in [1.54, 1.807) is 30.3 Å². The molecule has 162 valence electrons. The minimum atomic E-state index is -0.243. The van der Waals surface area contributed by atoms with E-state index in [4.69, 9.17) is 39.5 Å². The summed E-state index contributed by atoms with van der Waals surface area (Å²) in [6.07, 6.45) is 1.74. The number of ether oxygens (including phenoxy) is 1. The van der Waals surface area contributed by atoms with Gasteiger partial charge in [-0.25, -0.2) is 4.99 Å². The van der Waals surface area contributed by atoms with Gasteiger partial charge in [0, 0.05) is 20.6 Å². The number of aryl methyl sites for hydroxylation is 1. The molecule has 8 heteroatoms. The molecule has 0 aliphatic carbocycles. The summed E-state index contributed by atoms with van der Waals surface area (Å²) in [4.78, 5) is 17.5. The number of halogens is 3. The van der Waals surface area contributed by atoms with Crippen LogP contribution in [0.3, 0.4) is 0 Å². The Morgan fingerprint density at radius 1 is 1.03 bits per heavy atom. The number of hydrogen-bond donors (Lipinski definition) is 1. The molecule has 1 heterocycles. The van der Waals surface area contributed by atoms with Crippen LogP contribution >= 0.6 is 46.6 Å². The summed E-state index contributed by atoms with van der Waals surface area (Å²) in [5.74, 6) is 0.360. The molecule has 0 radical (unpaired) electrons. The smallest absolute Gasteiger partial charge is 0.264 e. The molecule has 4 rings (SSSR count). The predicted molar refractivity (Wildman–Crippen MR) is 134 cm³/mol. The normalized spacial score (nSPS) is 15.9. The van der Waals surface area contributed by atoms with Crippen molar-refractivity contribution < 1.29 is 9.53 Å². The highest BCUT2D eigenvalue weighted by molar-refractivity contribution is 8.18. The van der Waals surface area contributed by atoms with Crippen molar-refractivity contribution in [3.63, 3.8) is 0 Å². The van der Waals surface area contributed by atoms with Crippen LogP contribution in [-0.4, -0.2) is 11.1 Å². The molecule has 1 saturated heterocycles. The third-order valence-electron chi connectivity index (χ3n) is 4.58. The highest BCUT2D eigenvalue weighted by Gasteiger charge is 2.24. The van der Waals surface area contributed by atoms with Gasteiger partial charge in [0.1, 0.15) is 12.4 Å². The summed E-state index contributed by atoms with van der Waals surface area (Å²) in [5, 5.41) is 5.06. The van der Waals surface area contributed by atoms with Crippen molar-refractivity contribution in [2.75, 3.05) is 0 Å². The molecule has 0 saturated carbocycles. The Kier molecular flexibility index (Phi) is 7.11. The number of amidine groups is 1. The predicted octanol–water partition coefficient (Wildman–Crippen LogP) is 7.43. The fourth-order valence-electron chi connectivity index (χ4n) is 2.94. The summed E-state index contributed by atoms with van der Waals surface area (Å²) in [6.45, 7) is 2.25. The molecule has 0 spiro atoms. The van der Waals surface area contributed by atoms with Crippen LogP contribution in [-0.2, 0) is 11.4 Å². The van der Waals surface area contributed by atoms with Crippen molar-refractivity contribution in [3.05, 3.63) is 97.3 Å². The van der Waals surface area contributed by atoms with E-state index in [1.807, 2.05) is 43.3 Å². The van der Waals surface area contributed by atoms with Gasteiger partial charge in [0.25, 0.3) is 5.91 Å². The fourth-order valence-corrected chi connectivity index (χ4v) is 4.34. The number of carbonyl (C=O) groups is 1. The summed E-state index contributed by atoms with van der Waals surface area (Å²) >= 11 is 19.7. The van der Waals surface area contributed by atoms with Gasteiger partial charge >= 0.3 is 0 Å². The van der Waals surface area contributed by atoms with E-state index in [9.17, 15) is 4.79 Å². The minimum Gasteiger partial charge on any atom is -0.488 e. The van der Waals surface area contributed by atoms with Crippen LogP contribution in [0.15, 0.2) is 70.6 Å². The number of thioether (sulfide) groups is 1. The Morgan fingerprint density at radius 2 is 1.84 bits per heavy atom. The lowest BCUT2D eigenvalue weighted by molar-refractivity contribution is -0.115. The largest absolute Gasteiger partial charge is 0.488 e. The summed E-state index contributed by atoms with van der Waals surface area (Å²) < 4.78 is 5.98. The molecule has 0 atom stereocenters. The molecule has 4 nitrogen and oxygen atoms in total. The molecule has 1 aliphatic rings. The Bertz CT molecular complexity index is 1260. The van der Waals surface area contributed by atoms with Gasteiger partial charge in [-0.05, 0) is 78.4 Å². The van der Waals surface area contributed by atoms with Crippen LogP contribution in [0.1, 0.15) is 16.7 Å². The maximum absolute atomic E-state index is 12.5. The summed E-state index contributed by atoms with van der Waals surface area (Å²) in [7, 11) is 0. The second kappa shape index (κ2) is 10.0. The van der Waals surface area contributed by atoms with Gasteiger partial charge in [-0.3, -0.25) is 4.79 Å². The average Bonchev–Trinajstić information content (AvgIpc) is 3.09. The van der Waals surface area contributed by atoms with Gasteiger partial charge in [-0.1, -0.05) is 53.0 Å². The maximum Gasteiger partial charge on any atom is 0.264 e. The monoisotopic (exact) mass is 502 g/mol. The molecule has 3 aromatic rings. The van der Waals surface area contributed by atoms with Gasteiger partial charge in [0.15, 0.2) is 5.17 Å². The Morgan fingerprint density at radius 3 is 2.62 bits per heavy atom. The zero-order valence-corrected chi connectivity index (χ0v) is 19.9. The molecule has 0 unspecified atom stereocenters. The van der Waals surface area contributed by atoms with Crippen LogP contribution < -0.4 is 10.1 Å². The van der Waals surface area contributed by atoms with Crippen molar-refractivity contribution in [2.45, 2.75) is 13.5 Å². The van der Waals surface area contributed by atoms with E-state index in [-0.39, 0.29) is 5.91 Å². The zero-order chi connectivity index (χ0) is 22.7. The number of benzene rings is 3. The second-order valence-corrected chi connectivity index (χ2v) is 9.33. The van der Waals surface area contributed by atoms with E-state index in [0.717, 1.165) is 11.1 Å². The van der Waals surface area contributed by atoms with Crippen molar-refractivity contribution >= 4 is 69.4 Å². The van der Waals surface area contributed by atoms with Crippen LogP contribution in [0.2, 0.25) is 15.1 Å². The lowest BCUT2D eigenvalue weighted by Gasteiger charge is -2.10. The first-order valence-electron chi connectivity index (χ1n) is 9.60. The number of nitrogens with zero attached hydrogens (tertiary/aromatic N) is 1. The number of amides is 1.